The van der Waals surface area contributed by atoms with Crippen molar-refractivity contribution in [3.63, 3.8) is 0 Å². The number of hydrogen-bond donors (Lipinski definition) is 1. The molecule has 0 aliphatic carbocycles. The van der Waals surface area contributed by atoms with E-state index in [0.29, 0.717) is 0 Å². The fourth-order valence-electron chi connectivity index (χ4n) is 2.49. The maximum atomic E-state index is 4.39. The molecule has 0 saturated carbocycles. The second kappa shape index (κ2) is 6.71. The van der Waals surface area contributed by atoms with Crippen LogP contribution in [0.15, 0.2) is 30.5 Å². The minimum Gasteiger partial charge on any atom is -0.306 e. The first-order valence-corrected chi connectivity index (χ1v) is 7.48. The van der Waals surface area contributed by atoms with Crippen LogP contribution in [-0.4, -0.2) is 16.3 Å². The van der Waals surface area contributed by atoms with E-state index in [-0.39, 0.29) is 6.04 Å². The Morgan fingerprint density at radius 3 is 2.70 bits per heavy atom. The molecule has 1 aromatic carbocycles. The zero-order valence-electron chi connectivity index (χ0n) is 13.0. The Balaban J connectivity index is 2.38. The van der Waals surface area contributed by atoms with Crippen LogP contribution in [0.5, 0.6) is 0 Å². The van der Waals surface area contributed by atoms with Crippen molar-refractivity contribution in [2.75, 3.05) is 6.54 Å². The van der Waals surface area contributed by atoms with Crippen LogP contribution in [0.2, 0.25) is 0 Å². The van der Waals surface area contributed by atoms with Crippen molar-refractivity contribution in [3.8, 4) is 0 Å². The SMILES string of the molecule is CCCNC(c1cccc(CC)c1)c1cnn(C)c1C. The van der Waals surface area contributed by atoms with Crippen LogP contribution in [0, 0.1) is 6.92 Å². The highest BCUT2D eigenvalue weighted by molar-refractivity contribution is 5.35. The molecule has 1 aromatic heterocycles. The molecule has 1 unspecified atom stereocenters. The molecular weight excluding hydrogens is 246 g/mol. The summed E-state index contributed by atoms with van der Waals surface area (Å²) in [5.41, 5.74) is 5.20. The molecule has 0 saturated heterocycles. The third-order valence-electron chi connectivity index (χ3n) is 3.88. The number of nitrogens with one attached hydrogen (secondary N) is 1. The molecule has 0 aliphatic heterocycles. The molecule has 0 fully saturated rings. The van der Waals surface area contributed by atoms with Crippen molar-refractivity contribution in [3.05, 3.63) is 52.8 Å². The number of nitrogens with zero attached hydrogens (tertiary/aromatic N) is 2. The number of rotatable bonds is 6. The van der Waals surface area contributed by atoms with Gasteiger partial charge in [0.2, 0.25) is 0 Å². The van der Waals surface area contributed by atoms with Crippen molar-refractivity contribution in [2.24, 2.45) is 7.05 Å². The van der Waals surface area contributed by atoms with Crippen molar-refractivity contribution < 1.29 is 0 Å². The van der Waals surface area contributed by atoms with E-state index in [2.05, 4.69) is 55.5 Å². The monoisotopic (exact) mass is 271 g/mol. The highest BCUT2D eigenvalue weighted by Crippen LogP contribution is 2.25. The lowest BCUT2D eigenvalue weighted by Gasteiger charge is -2.19. The van der Waals surface area contributed by atoms with Crippen LogP contribution in [0.3, 0.4) is 0 Å². The normalized spacial score (nSPS) is 12.6. The first-order valence-electron chi connectivity index (χ1n) is 7.48. The Kier molecular flexibility index (Phi) is 4.96. The lowest BCUT2D eigenvalue weighted by atomic mass is 9.97. The van der Waals surface area contributed by atoms with Gasteiger partial charge in [-0.2, -0.15) is 5.10 Å². The zero-order chi connectivity index (χ0) is 14.5. The van der Waals surface area contributed by atoms with E-state index in [1.165, 1.54) is 22.4 Å². The van der Waals surface area contributed by atoms with Crippen molar-refractivity contribution in [2.45, 2.75) is 39.7 Å². The van der Waals surface area contributed by atoms with Gasteiger partial charge < -0.3 is 5.32 Å². The van der Waals surface area contributed by atoms with Gasteiger partial charge in [0.25, 0.3) is 0 Å². The van der Waals surface area contributed by atoms with Gasteiger partial charge in [-0.25, -0.2) is 0 Å². The minimum atomic E-state index is 0.232. The summed E-state index contributed by atoms with van der Waals surface area (Å²) < 4.78 is 1.94. The van der Waals surface area contributed by atoms with E-state index in [4.69, 9.17) is 0 Å². The van der Waals surface area contributed by atoms with Crippen molar-refractivity contribution >= 4 is 0 Å². The molecule has 108 valence electrons. The van der Waals surface area contributed by atoms with Gasteiger partial charge in [-0.1, -0.05) is 38.1 Å². The van der Waals surface area contributed by atoms with Crippen molar-refractivity contribution in [1.82, 2.24) is 15.1 Å². The van der Waals surface area contributed by atoms with Gasteiger partial charge in [-0.3, -0.25) is 4.68 Å². The van der Waals surface area contributed by atoms with Crippen LogP contribution in [0.25, 0.3) is 0 Å². The molecule has 0 radical (unpaired) electrons. The summed E-state index contributed by atoms with van der Waals surface area (Å²) in [7, 11) is 2.00. The van der Waals surface area contributed by atoms with Crippen LogP contribution in [0.1, 0.15) is 48.7 Å². The predicted octanol–water partition coefficient (Wildman–Crippen LogP) is 3.38. The molecule has 1 N–H and O–H groups in total. The van der Waals surface area contributed by atoms with Gasteiger partial charge in [-0.05, 0) is 37.4 Å². The van der Waals surface area contributed by atoms with Gasteiger partial charge >= 0.3 is 0 Å². The Hall–Kier alpha value is -1.61. The first-order chi connectivity index (χ1) is 9.67. The van der Waals surface area contributed by atoms with E-state index in [0.717, 1.165) is 19.4 Å². The van der Waals surface area contributed by atoms with E-state index in [1.807, 2.05) is 17.9 Å². The third kappa shape index (κ3) is 3.10. The molecule has 0 amide bonds. The van der Waals surface area contributed by atoms with Crippen molar-refractivity contribution in [1.29, 1.82) is 0 Å². The maximum absolute atomic E-state index is 4.39. The number of benzene rings is 1. The topological polar surface area (TPSA) is 29.9 Å². The van der Waals surface area contributed by atoms with E-state index >= 15 is 0 Å². The summed E-state index contributed by atoms with van der Waals surface area (Å²) >= 11 is 0. The lowest BCUT2D eigenvalue weighted by molar-refractivity contribution is 0.594. The molecular formula is C17H25N3. The van der Waals surface area contributed by atoms with Gasteiger partial charge in [0, 0.05) is 18.3 Å². The molecule has 2 rings (SSSR count). The van der Waals surface area contributed by atoms with Gasteiger partial charge in [0.15, 0.2) is 0 Å². The van der Waals surface area contributed by atoms with Crippen LogP contribution in [-0.2, 0) is 13.5 Å². The molecule has 0 spiro atoms. The number of aromatic nitrogens is 2. The second-order valence-corrected chi connectivity index (χ2v) is 5.29. The molecule has 2 aromatic rings. The van der Waals surface area contributed by atoms with Crippen LogP contribution >= 0.6 is 0 Å². The molecule has 0 bridgehead atoms. The van der Waals surface area contributed by atoms with Gasteiger partial charge in [0.05, 0.1) is 12.2 Å². The number of aryl methyl sites for hydroxylation is 2. The molecule has 3 nitrogen and oxygen atoms in total. The standard InChI is InChI=1S/C17H25N3/c1-5-10-18-17(16-12-19-20(4)13(16)3)15-9-7-8-14(6-2)11-15/h7-9,11-12,17-18H,5-6,10H2,1-4H3. The fourth-order valence-corrected chi connectivity index (χ4v) is 2.49. The Labute approximate surface area is 122 Å². The smallest absolute Gasteiger partial charge is 0.0610 e. The van der Waals surface area contributed by atoms with E-state index in [1.54, 1.807) is 0 Å². The Morgan fingerprint density at radius 1 is 1.30 bits per heavy atom. The number of hydrogen-bond acceptors (Lipinski definition) is 2. The largest absolute Gasteiger partial charge is 0.306 e. The summed E-state index contributed by atoms with van der Waals surface area (Å²) in [5.74, 6) is 0. The van der Waals surface area contributed by atoms with Gasteiger partial charge in [-0.15, -0.1) is 0 Å². The summed E-state index contributed by atoms with van der Waals surface area (Å²) in [6.45, 7) is 7.54. The third-order valence-corrected chi connectivity index (χ3v) is 3.88. The molecule has 1 heterocycles. The summed E-state index contributed by atoms with van der Waals surface area (Å²) in [6, 6.07) is 9.09. The highest BCUT2D eigenvalue weighted by atomic mass is 15.3. The molecule has 3 heteroatoms. The molecule has 0 aliphatic rings. The van der Waals surface area contributed by atoms with Gasteiger partial charge in [0.1, 0.15) is 0 Å². The van der Waals surface area contributed by atoms with Crippen LogP contribution < -0.4 is 5.32 Å². The summed E-state index contributed by atoms with van der Waals surface area (Å²) in [6.07, 6.45) is 4.19. The summed E-state index contributed by atoms with van der Waals surface area (Å²) in [4.78, 5) is 0. The average molecular weight is 271 g/mol. The van der Waals surface area contributed by atoms with E-state index in [9.17, 15) is 0 Å². The molecule has 20 heavy (non-hydrogen) atoms. The average Bonchev–Trinajstić information content (AvgIpc) is 2.80. The Bertz CT molecular complexity index is 557. The second-order valence-electron chi connectivity index (χ2n) is 5.29. The minimum absolute atomic E-state index is 0.232. The molecule has 1 atom stereocenters. The fraction of sp³-hybridized carbons (Fsp3) is 0.471. The van der Waals surface area contributed by atoms with E-state index < -0.39 is 0 Å². The quantitative estimate of drug-likeness (QED) is 0.873. The highest BCUT2D eigenvalue weighted by Gasteiger charge is 2.18. The maximum Gasteiger partial charge on any atom is 0.0610 e. The zero-order valence-corrected chi connectivity index (χ0v) is 13.0. The predicted molar refractivity (Wildman–Crippen MR) is 83.9 cm³/mol. The summed E-state index contributed by atoms with van der Waals surface area (Å²) in [5, 5.41) is 8.04. The first kappa shape index (κ1) is 14.8. The van der Waals surface area contributed by atoms with Crippen LogP contribution in [0.4, 0.5) is 0 Å². The Morgan fingerprint density at radius 2 is 2.10 bits per heavy atom. The lowest BCUT2D eigenvalue weighted by Crippen LogP contribution is -2.23.